The van der Waals surface area contributed by atoms with E-state index in [-0.39, 0.29) is 21.0 Å². The van der Waals surface area contributed by atoms with Gasteiger partial charge >= 0.3 is 0 Å². The van der Waals surface area contributed by atoms with Crippen LogP contribution in [0.25, 0.3) is 0 Å². The highest BCUT2D eigenvalue weighted by atomic mass is 32.2. The van der Waals surface area contributed by atoms with Crippen LogP contribution in [-0.4, -0.2) is 46.4 Å². The Morgan fingerprint density at radius 3 is 2.72 bits per heavy atom. The largest absolute Gasteiger partial charge is 0.363 e. The van der Waals surface area contributed by atoms with E-state index in [0.717, 1.165) is 6.07 Å². The number of nitrogens with one attached hydrogen (secondary N) is 2. The van der Waals surface area contributed by atoms with Crippen molar-refractivity contribution in [3.05, 3.63) is 27.8 Å². The molecule has 0 saturated heterocycles. The number of nitrogens with zero attached hydrogens (tertiary/aromatic N) is 1. The summed E-state index contributed by atoms with van der Waals surface area (Å²) in [5, 5.41) is 18.9. The van der Waals surface area contributed by atoms with Gasteiger partial charge in [-0.2, -0.15) is 0 Å². The number of carbonyl (C=O) groups excluding carboxylic acids is 1. The Morgan fingerprint density at radius 2 is 2.16 bits per heavy atom. The molecule has 12 nitrogen and oxygen atoms in total. The molecule has 14 heteroatoms. The van der Waals surface area contributed by atoms with Crippen molar-refractivity contribution in [2.45, 2.75) is 22.9 Å². The number of nitrogens with two attached hydrogens (primary N) is 1. The molecule has 0 saturated carbocycles. The first-order valence-corrected chi connectivity index (χ1v) is 9.83. The monoisotopic (exact) mass is 394 g/mol. The van der Waals surface area contributed by atoms with E-state index >= 15 is 0 Å². The van der Waals surface area contributed by atoms with Crippen LogP contribution in [0.4, 0.5) is 5.69 Å². The van der Waals surface area contributed by atoms with E-state index in [1.165, 1.54) is 13.0 Å². The molecule has 0 aliphatic carbocycles. The lowest BCUT2D eigenvalue weighted by atomic mass is 10.2. The van der Waals surface area contributed by atoms with Crippen LogP contribution in [0.2, 0.25) is 0 Å². The molecule has 1 aromatic rings. The third-order valence-corrected chi connectivity index (χ3v) is 6.10. The summed E-state index contributed by atoms with van der Waals surface area (Å²) in [7, 11) is -8.05. The van der Waals surface area contributed by atoms with Gasteiger partial charge in [0.15, 0.2) is 16.4 Å². The van der Waals surface area contributed by atoms with Crippen molar-refractivity contribution in [1.29, 1.82) is 0 Å². The van der Waals surface area contributed by atoms with Gasteiger partial charge in [0.05, 0.1) is 21.2 Å². The quantitative estimate of drug-likeness (QED) is 0.394. The molecular formula is C11H14N4O8S2. The summed E-state index contributed by atoms with van der Waals surface area (Å²) in [4.78, 5) is 24.9. The molecule has 0 fully saturated rings. The van der Waals surface area contributed by atoms with Gasteiger partial charge in [0.1, 0.15) is 6.17 Å². The number of anilines is 1. The molecule has 1 atom stereocenters. The highest BCUT2D eigenvalue weighted by Crippen LogP contribution is 2.32. The van der Waals surface area contributed by atoms with Crippen LogP contribution in [-0.2, 0) is 29.5 Å². The number of hydrogen-bond donors (Lipinski definition) is 3. The van der Waals surface area contributed by atoms with Crippen molar-refractivity contribution < 1.29 is 31.6 Å². The molecule has 0 spiro atoms. The molecule has 138 valence electrons. The number of carbonyl (C=O) groups is 1. The SMILES string of the molecule is Cc1cc2c(cc1S(N)(=O)=O)S(=O)(=O)CC(NC(=O)CO[N+](=O)[O-])N2. The number of sulfonamides is 1. The molecule has 25 heavy (non-hydrogen) atoms. The van der Waals surface area contributed by atoms with Crippen LogP contribution in [0.5, 0.6) is 0 Å². The number of benzene rings is 1. The summed E-state index contributed by atoms with van der Waals surface area (Å²) < 4.78 is 47.8. The van der Waals surface area contributed by atoms with Crippen LogP contribution < -0.4 is 15.8 Å². The highest BCUT2D eigenvalue weighted by molar-refractivity contribution is 7.92. The van der Waals surface area contributed by atoms with Crippen LogP contribution >= 0.6 is 0 Å². The maximum Gasteiger partial charge on any atom is 0.295 e. The minimum absolute atomic E-state index is 0.0802. The second kappa shape index (κ2) is 6.45. The van der Waals surface area contributed by atoms with Crippen molar-refractivity contribution in [3.63, 3.8) is 0 Å². The first kappa shape index (κ1) is 18.9. The molecular weight excluding hydrogens is 380 g/mol. The Hall–Kier alpha value is -2.45. The van der Waals surface area contributed by atoms with Crippen molar-refractivity contribution >= 4 is 31.5 Å². The van der Waals surface area contributed by atoms with E-state index in [1.54, 1.807) is 0 Å². The molecule has 1 amide bonds. The third-order valence-electron chi connectivity index (χ3n) is 3.27. The minimum Gasteiger partial charge on any atom is -0.363 e. The summed E-state index contributed by atoms with van der Waals surface area (Å²) >= 11 is 0. The number of fused-ring (bicyclic) bond motifs is 1. The van der Waals surface area contributed by atoms with Gasteiger partial charge in [-0.1, -0.05) is 0 Å². The molecule has 4 N–H and O–H groups in total. The summed E-state index contributed by atoms with van der Waals surface area (Å²) in [6.45, 7) is 0.545. The van der Waals surface area contributed by atoms with Crippen molar-refractivity contribution in [2.75, 3.05) is 17.7 Å². The number of sulfone groups is 1. The smallest absolute Gasteiger partial charge is 0.295 e. The molecule has 1 aliphatic heterocycles. The zero-order valence-corrected chi connectivity index (χ0v) is 14.4. The van der Waals surface area contributed by atoms with E-state index < -0.39 is 49.4 Å². The standard InChI is InChI=1S/C11H14N4O8S2/c1-6-2-7-9(3-8(6)25(12,21)22)24(19,20)5-10(13-7)14-11(16)4-23-15(17)18/h2-3,10,13H,4-5H2,1H3,(H,14,16)(H2,12,21,22). The normalized spacial score (nSPS) is 18.6. The Kier molecular flexibility index (Phi) is 4.87. The second-order valence-electron chi connectivity index (χ2n) is 5.20. The lowest BCUT2D eigenvalue weighted by Gasteiger charge is -2.28. The van der Waals surface area contributed by atoms with Gasteiger partial charge in [-0.25, -0.2) is 22.0 Å². The number of hydrogen-bond acceptors (Lipinski definition) is 9. The van der Waals surface area contributed by atoms with Crippen molar-refractivity contribution in [2.24, 2.45) is 5.14 Å². The van der Waals surface area contributed by atoms with Gasteiger partial charge < -0.3 is 15.5 Å². The Labute approximate surface area is 142 Å². The van der Waals surface area contributed by atoms with E-state index in [0.29, 0.717) is 0 Å². The zero-order chi connectivity index (χ0) is 19.0. The molecule has 0 bridgehead atoms. The van der Waals surface area contributed by atoms with E-state index in [9.17, 15) is 31.7 Å². The fraction of sp³-hybridized carbons (Fsp3) is 0.364. The van der Waals surface area contributed by atoms with E-state index in [2.05, 4.69) is 15.5 Å². The maximum absolute atomic E-state index is 12.4. The first-order chi connectivity index (χ1) is 11.4. The summed E-state index contributed by atoms with van der Waals surface area (Å²) in [5.41, 5.74) is 0.296. The predicted octanol–water partition coefficient (Wildman–Crippen LogP) is -1.51. The predicted molar refractivity (Wildman–Crippen MR) is 83.1 cm³/mol. The Morgan fingerprint density at radius 1 is 1.52 bits per heavy atom. The second-order valence-corrected chi connectivity index (χ2v) is 8.73. The summed E-state index contributed by atoms with van der Waals surface area (Å²) in [5.74, 6) is -1.48. The maximum atomic E-state index is 12.4. The van der Waals surface area contributed by atoms with E-state index in [4.69, 9.17) is 5.14 Å². The number of amides is 1. The number of primary sulfonamides is 1. The summed E-state index contributed by atoms with van der Waals surface area (Å²) in [6.07, 6.45) is -1.07. The van der Waals surface area contributed by atoms with Gasteiger partial charge in [0.2, 0.25) is 15.9 Å². The molecule has 1 aromatic carbocycles. The average molecular weight is 394 g/mol. The molecule has 2 rings (SSSR count). The zero-order valence-electron chi connectivity index (χ0n) is 12.8. The lowest BCUT2D eigenvalue weighted by Crippen LogP contribution is -2.49. The van der Waals surface area contributed by atoms with Crippen molar-refractivity contribution in [3.8, 4) is 0 Å². The fourth-order valence-electron chi connectivity index (χ4n) is 2.31. The van der Waals surface area contributed by atoms with Crippen LogP contribution in [0.1, 0.15) is 5.56 Å². The number of aryl methyl sites for hydroxylation is 1. The molecule has 1 heterocycles. The van der Waals surface area contributed by atoms with Crippen LogP contribution in [0.3, 0.4) is 0 Å². The molecule has 1 unspecified atom stereocenters. The highest BCUT2D eigenvalue weighted by Gasteiger charge is 2.32. The van der Waals surface area contributed by atoms with Crippen LogP contribution in [0.15, 0.2) is 21.9 Å². The number of rotatable bonds is 5. The topological polar surface area (TPSA) is 188 Å². The van der Waals surface area contributed by atoms with Gasteiger partial charge in [-0.3, -0.25) is 4.79 Å². The van der Waals surface area contributed by atoms with Gasteiger partial charge in [-0.15, -0.1) is 10.1 Å². The van der Waals surface area contributed by atoms with Gasteiger partial charge in [0.25, 0.3) is 5.09 Å². The van der Waals surface area contributed by atoms with E-state index in [1.807, 2.05) is 0 Å². The Bertz CT molecular complexity index is 941. The molecule has 0 radical (unpaired) electrons. The Balaban J connectivity index is 2.30. The lowest BCUT2D eigenvalue weighted by molar-refractivity contribution is -0.754. The van der Waals surface area contributed by atoms with Gasteiger partial charge in [-0.05, 0) is 24.6 Å². The average Bonchev–Trinajstić information content (AvgIpc) is 2.42. The van der Waals surface area contributed by atoms with Crippen LogP contribution in [0, 0.1) is 17.0 Å². The fourth-order valence-corrected chi connectivity index (χ4v) is 4.71. The third kappa shape index (κ3) is 4.34. The van der Waals surface area contributed by atoms with Gasteiger partial charge in [0, 0.05) is 0 Å². The first-order valence-electron chi connectivity index (χ1n) is 6.63. The van der Waals surface area contributed by atoms with Crippen molar-refractivity contribution in [1.82, 2.24) is 5.32 Å². The summed E-state index contributed by atoms with van der Waals surface area (Å²) in [6, 6.07) is 2.23. The molecule has 0 aromatic heterocycles. The molecule has 1 aliphatic rings. The minimum atomic E-state index is -4.11.